The van der Waals surface area contributed by atoms with Gasteiger partial charge >= 0.3 is 0 Å². The van der Waals surface area contributed by atoms with Gasteiger partial charge in [-0.15, -0.1) is 0 Å². The zero-order valence-corrected chi connectivity index (χ0v) is 9.37. The average molecular weight is 218 g/mol. The van der Waals surface area contributed by atoms with Gasteiger partial charge in [0.15, 0.2) is 0 Å². The number of aryl methyl sites for hydroxylation is 1. The number of aromatic nitrogens is 2. The second-order valence-corrected chi connectivity index (χ2v) is 3.91. The summed E-state index contributed by atoms with van der Waals surface area (Å²) in [5.74, 6) is 0.916. The van der Waals surface area contributed by atoms with Crippen LogP contribution in [0.15, 0.2) is 36.5 Å². The van der Waals surface area contributed by atoms with Crippen molar-refractivity contribution in [1.29, 1.82) is 0 Å². The molecular formula is C12H14N2S. The van der Waals surface area contributed by atoms with Gasteiger partial charge in [0.05, 0.1) is 11.9 Å². The lowest BCUT2D eigenvalue weighted by Crippen LogP contribution is -1.88. The third-order valence-electron chi connectivity index (χ3n) is 2.38. The van der Waals surface area contributed by atoms with Crippen molar-refractivity contribution in [2.45, 2.75) is 12.8 Å². The van der Waals surface area contributed by atoms with Crippen LogP contribution in [0, 0.1) is 0 Å². The minimum atomic E-state index is 0.916. The van der Waals surface area contributed by atoms with Gasteiger partial charge in [-0.25, -0.2) is 0 Å². The molecule has 0 atom stereocenters. The molecule has 2 aromatic rings. The van der Waals surface area contributed by atoms with E-state index < -0.39 is 0 Å². The van der Waals surface area contributed by atoms with E-state index in [2.05, 4.69) is 35.0 Å². The standard InChI is InChI=1S/C12H14N2S/c15-8-4-7-11-9-13-14-12(11)10-5-2-1-3-6-10/h1-3,5-6,9,15H,4,7-8H2,(H,13,14). The van der Waals surface area contributed by atoms with Gasteiger partial charge in [0.1, 0.15) is 0 Å². The summed E-state index contributed by atoms with van der Waals surface area (Å²) < 4.78 is 0. The Morgan fingerprint density at radius 2 is 2.00 bits per heavy atom. The summed E-state index contributed by atoms with van der Waals surface area (Å²) in [5, 5.41) is 7.16. The van der Waals surface area contributed by atoms with Crippen LogP contribution in [0.3, 0.4) is 0 Å². The molecule has 0 radical (unpaired) electrons. The Labute approximate surface area is 95.1 Å². The van der Waals surface area contributed by atoms with Gasteiger partial charge in [-0.2, -0.15) is 17.7 Å². The van der Waals surface area contributed by atoms with Gasteiger partial charge in [0, 0.05) is 0 Å². The minimum Gasteiger partial charge on any atom is -0.278 e. The summed E-state index contributed by atoms with van der Waals surface area (Å²) in [6.07, 6.45) is 4.03. The molecular weight excluding hydrogens is 204 g/mol. The molecule has 0 saturated heterocycles. The minimum absolute atomic E-state index is 0.916. The molecule has 0 aliphatic rings. The molecule has 0 saturated carbocycles. The van der Waals surface area contributed by atoms with Crippen LogP contribution < -0.4 is 0 Å². The van der Waals surface area contributed by atoms with E-state index in [9.17, 15) is 0 Å². The maximum Gasteiger partial charge on any atom is 0.0682 e. The highest BCUT2D eigenvalue weighted by Gasteiger charge is 2.05. The Balaban J connectivity index is 2.25. The van der Waals surface area contributed by atoms with Crippen LogP contribution in [0.2, 0.25) is 0 Å². The molecule has 0 aliphatic heterocycles. The Hall–Kier alpha value is -1.22. The van der Waals surface area contributed by atoms with Crippen LogP contribution in [-0.4, -0.2) is 16.0 Å². The summed E-state index contributed by atoms with van der Waals surface area (Å²) in [6.45, 7) is 0. The number of nitrogens with zero attached hydrogens (tertiary/aromatic N) is 1. The first-order valence-electron chi connectivity index (χ1n) is 5.10. The zero-order chi connectivity index (χ0) is 10.5. The third kappa shape index (κ3) is 2.42. The van der Waals surface area contributed by atoms with Gasteiger partial charge < -0.3 is 0 Å². The molecule has 1 aromatic carbocycles. The molecule has 2 rings (SSSR count). The average Bonchev–Trinajstić information content (AvgIpc) is 2.75. The molecule has 1 aromatic heterocycles. The van der Waals surface area contributed by atoms with E-state index >= 15 is 0 Å². The summed E-state index contributed by atoms with van der Waals surface area (Å²) in [7, 11) is 0. The number of thiol groups is 1. The molecule has 1 heterocycles. The normalized spacial score (nSPS) is 10.5. The van der Waals surface area contributed by atoms with E-state index in [4.69, 9.17) is 0 Å². The number of H-pyrrole nitrogens is 1. The monoisotopic (exact) mass is 218 g/mol. The summed E-state index contributed by atoms with van der Waals surface area (Å²) >= 11 is 4.22. The van der Waals surface area contributed by atoms with E-state index in [0.717, 1.165) is 24.3 Å². The molecule has 1 N–H and O–H groups in total. The lowest BCUT2D eigenvalue weighted by Gasteiger charge is -2.01. The van der Waals surface area contributed by atoms with Gasteiger partial charge in [0.2, 0.25) is 0 Å². The SMILES string of the molecule is SCCCc1cn[nH]c1-c1ccccc1. The summed E-state index contributed by atoms with van der Waals surface area (Å²) in [4.78, 5) is 0. The molecule has 78 valence electrons. The maximum atomic E-state index is 4.22. The highest BCUT2D eigenvalue weighted by molar-refractivity contribution is 7.80. The van der Waals surface area contributed by atoms with Crippen LogP contribution in [0.5, 0.6) is 0 Å². The van der Waals surface area contributed by atoms with Gasteiger partial charge in [-0.1, -0.05) is 30.3 Å². The van der Waals surface area contributed by atoms with Crippen LogP contribution in [-0.2, 0) is 6.42 Å². The van der Waals surface area contributed by atoms with Gasteiger partial charge in [-0.05, 0) is 29.7 Å². The number of benzene rings is 1. The number of hydrogen-bond acceptors (Lipinski definition) is 2. The highest BCUT2D eigenvalue weighted by atomic mass is 32.1. The van der Waals surface area contributed by atoms with Crippen molar-refractivity contribution in [2.24, 2.45) is 0 Å². The van der Waals surface area contributed by atoms with Gasteiger partial charge in [0.25, 0.3) is 0 Å². The lowest BCUT2D eigenvalue weighted by atomic mass is 10.1. The predicted octanol–water partition coefficient (Wildman–Crippen LogP) is 2.94. The van der Waals surface area contributed by atoms with Crippen molar-refractivity contribution >= 4 is 12.6 Å². The summed E-state index contributed by atoms with van der Waals surface area (Å²) in [5.41, 5.74) is 3.61. The molecule has 0 amide bonds. The molecule has 0 aliphatic carbocycles. The van der Waals surface area contributed by atoms with Crippen molar-refractivity contribution in [1.82, 2.24) is 10.2 Å². The van der Waals surface area contributed by atoms with E-state index in [1.807, 2.05) is 24.4 Å². The smallest absolute Gasteiger partial charge is 0.0682 e. The molecule has 0 fully saturated rings. The molecule has 0 spiro atoms. The molecule has 15 heavy (non-hydrogen) atoms. The van der Waals surface area contributed by atoms with Crippen LogP contribution in [0.1, 0.15) is 12.0 Å². The lowest BCUT2D eigenvalue weighted by molar-refractivity contribution is 0.939. The highest BCUT2D eigenvalue weighted by Crippen LogP contribution is 2.21. The molecule has 2 nitrogen and oxygen atoms in total. The first kappa shape index (κ1) is 10.3. The Morgan fingerprint density at radius 1 is 1.20 bits per heavy atom. The second-order valence-electron chi connectivity index (χ2n) is 3.46. The fraction of sp³-hybridized carbons (Fsp3) is 0.250. The van der Waals surface area contributed by atoms with E-state index in [-0.39, 0.29) is 0 Å². The first-order valence-corrected chi connectivity index (χ1v) is 5.73. The topological polar surface area (TPSA) is 28.7 Å². The molecule has 0 bridgehead atoms. The summed E-state index contributed by atoms with van der Waals surface area (Å²) in [6, 6.07) is 10.3. The molecule has 3 heteroatoms. The quantitative estimate of drug-likeness (QED) is 0.759. The van der Waals surface area contributed by atoms with Crippen LogP contribution >= 0.6 is 12.6 Å². The van der Waals surface area contributed by atoms with E-state index in [1.165, 1.54) is 11.1 Å². The zero-order valence-electron chi connectivity index (χ0n) is 8.48. The third-order valence-corrected chi connectivity index (χ3v) is 2.70. The predicted molar refractivity (Wildman–Crippen MR) is 66.2 cm³/mol. The van der Waals surface area contributed by atoms with Gasteiger partial charge in [-0.3, -0.25) is 5.10 Å². The van der Waals surface area contributed by atoms with Crippen LogP contribution in [0.4, 0.5) is 0 Å². The van der Waals surface area contributed by atoms with Crippen molar-refractivity contribution in [2.75, 3.05) is 5.75 Å². The number of hydrogen-bond donors (Lipinski definition) is 2. The molecule has 0 unspecified atom stereocenters. The first-order chi connectivity index (χ1) is 7.42. The Bertz CT molecular complexity index is 409. The van der Waals surface area contributed by atoms with Crippen molar-refractivity contribution in [3.63, 3.8) is 0 Å². The van der Waals surface area contributed by atoms with Crippen LogP contribution in [0.25, 0.3) is 11.3 Å². The largest absolute Gasteiger partial charge is 0.278 e. The number of aromatic amines is 1. The maximum absolute atomic E-state index is 4.22. The second kappa shape index (κ2) is 5.03. The van der Waals surface area contributed by atoms with Crippen molar-refractivity contribution in [3.8, 4) is 11.3 Å². The fourth-order valence-electron chi connectivity index (χ4n) is 1.62. The fourth-order valence-corrected chi connectivity index (χ4v) is 1.78. The van der Waals surface area contributed by atoms with Crippen molar-refractivity contribution in [3.05, 3.63) is 42.1 Å². The number of nitrogens with one attached hydrogen (secondary N) is 1. The van der Waals surface area contributed by atoms with E-state index in [1.54, 1.807) is 0 Å². The Morgan fingerprint density at radius 3 is 2.73 bits per heavy atom. The van der Waals surface area contributed by atoms with E-state index in [0.29, 0.717) is 0 Å². The number of rotatable bonds is 4. The van der Waals surface area contributed by atoms with Crippen molar-refractivity contribution < 1.29 is 0 Å². The Kier molecular flexibility index (Phi) is 3.45.